The summed E-state index contributed by atoms with van der Waals surface area (Å²) in [4.78, 5) is 14.2. The summed E-state index contributed by atoms with van der Waals surface area (Å²) in [6.07, 6.45) is 3.82. The number of nitriles is 1. The molecule has 14 nitrogen and oxygen atoms in total. The van der Waals surface area contributed by atoms with Gasteiger partial charge in [-0.1, -0.05) is 6.92 Å². The Hall–Kier alpha value is 1.40. The van der Waals surface area contributed by atoms with E-state index in [4.69, 9.17) is 23.2 Å². The van der Waals surface area contributed by atoms with Crippen molar-refractivity contribution < 1.29 is 134 Å². The van der Waals surface area contributed by atoms with Crippen LogP contribution in [0.4, 0.5) is 5.82 Å². The molecule has 1 aromatic heterocycles. The van der Waals surface area contributed by atoms with Crippen LogP contribution in [0.15, 0.2) is 16.4 Å². The molecule has 0 spiro atoms. The predicted molar refractivity (Wildman–Crippen MR) is 153 cm³/mol. The first-order valence-corrected chi connectivity index (χ1v) is 17.6. The van der Waals surface area contributed by atoms with E-state index in [2.05, 4.69) is 25.5 Å². The van der Waals surface area contributed by atoms with Gasteiger partial charge in [-0.15, -0.1) is 28.3 Å². The molecular formula is C24H35Cl2K2N7O7S2. The molecule has 1 N–H and O–H groups in total. The average molecular weight is 747 g/mol. The molecule has 0 saturated heterocycles. The number of carbonyl (C=O) groups excluding carboxylic acids is 1. The predicted octanol–water partition coefficient (Wildman–Crippen LogP) is -3.62. The van der Waals surface area contributed by atoms with E-state index in [9.17, 15) is 36.0 Å². The third kappa shape index (κ3) is 12.7. The van der Waals surface area contributed by atoms with E-state index >= 15 is 0 Å². The summed E-state index contributed by atoms with van der Waals surface area (Å²) < 4.78 is 68.9. The van der Waals surface area contributed by atoms with Gasteiger partial charge in [0.05, 0.1) is 60.6 Å². The van der Waals surface area contributed by atoms with Crippen molar-refractivity contribution >= 4 is 55.2 Å². The van der Waals surface area contributed by atoms with Crippen LogP contribution in [0.2, 0.25) is 0 Å². The Kier molecular flexibility index (Phi) is 19.3. The van der Waals surface area contributed by atoms with Gasteiger partial charge < -0.3 is 19.3 Å². The van der Waals surface area contributed by atoms with E-state index < -0.39 is 54.1 Å². The van der Waals surface area contributed by atoms with Crippen LogP contribution in [-0.2, 0) is 25.0 Å². The van der Waals surface area contributed by atoms with Gasteiger partial charge >= 0.3 is 103 Å². The fraction of sp³-hybridized carbons (Fsp3) is 0.792. The first-order valence-electron chi connectivity index (χ1n) is 13.7. The van der Waals surface area contributed by atoms with Gasteiger partial charge in [0, 0.05) is 18.7 Å². The van der Waals surface area contributed by atoms with Crippen molar-refractivity contribution in [2.45, 2.75) is 99.0 Å². The molecule has 44 heavy (non-hydrogen) atoms. The summed E-state index contributed by atoms with van der Waals surface area (Å²) in [5.74, 6) is -0.522. The monoisotopic (exact) mass is 745 g/mol. The molecule has 1 amide bonds. The van der Waals surface area contributed by atoms with Crippen molar-refractivity contribution in [2.24, 2.45) is 10.2 Å². The molecule has 1 aromatic rings. The number of unbranched alkanes of at least 4 members (excludes halogenated alkanes) is 1. The normalized spacial score (nSPS) is 27.7. The van der Waals surface area contributed by atoms with Crippen LogP contribution in [0.25, 0.3) is 0 Å². The van der Waals surface area contributed by atoms with Gasteiger partial charge in [0.15, 0.2) is 5.82 Å². The third-order valence-electron chi connectivity index (χ3n) is 7.81. The van der Waals surface area contributed by atoms with Crippen LogP contribution in [0.5, 0.6) is 0 Å². The van der Waals surface area contributed by atoms with E-state index in [1.165, 1.54) is 17.8 Å². The molecule has 2 fully saturated rings. The number of amides is 1. The van der Waals surface area contributed by atoms with Crippen molar-refractivity contribution in [1.29, 1.82) is 5.26 Å². The summed E-state index contributed by atoms with van der Waals surface area (Å²) in [5.41, 5.74) is 0.120. The van der Waals surface area contributed by atoms with Gasteiger partial charge in [-0.3, -0.25) is 4.79 Å². The number of hydrogen-bond donors (Lipinski definition) is 1. The standard InChI is InChI=1S/C24H37Cl2N7O7S2.2K/c1-3-32(8-4-5-9-41(35,36)37)17-6-7-20(21(10-17)29-15(2)34)30-31-24-16(13-27)14-28-33(24)22-11-19(26)23(12-18(22)25)42(38,39)40;;/h14,17-23H,3-12H2,1-2H3,(H,29,34)(H,35,36,37)(H,38,39,40);;/q;2*+1/p-2. The Morgan fingerprint density at radius 2 is 1.84 bits per heavy atom. The number of nitrogens with zero attached hydrogens (tertiary/aromatic N) is 6. The number of halogens is 2. The van der Waals surface area contributed by atoms with Crippen LogP contribution in [0.3, 0.4) is 0 Å². The molecule has 0 bridgehead atoms. The number of azo groups is 1. The zero-order valence-electron chi connectivity index (χ0n) is 25.3. The minimum Gasteiger partial charge on any atom is -0.748 e. The summed E-state index contributed by atoms with van der Waals surface area (Å²) in [6, 6.07) is 0.682. The van der Waals surface area contributed by atoms with Gasteiger partial charge in [-0.25, -0.2) is 21.5 Å². The quantitative estimate of drug-likeness (QED) is 0.0729. The molecule has 2 aliphatic rings. The van der Waals surface area contributed by atoms with Gasteiger partial charge in [-0.2, -0.15) is 15.5 Å². The Morgan fingerprint density at radius 3 is 2.41 bits per heavy atom. The largest absolute Gasteiger partial charge is 1.00 e. The second-order valence-electron chi connectivity index (χ2n) is 10.7. The second-order valence-corrected chi connectivity index (χ2v) is 14.9. The first kappa shape index (κ1) is 43.4. The summed E-state index contributed by atoms with van der Waals surface area (Å²) >= 11 is 12.8. The Morgan fingerprint density at radius 1 is 1.16 bits per heavy atom. The number of alkyl halides is 2. The fourth-order valence-electron chi connectivity index (χ4n) is 5.73. The van der Waals surface area contributed by atoms with E-state index in [1.54, 1.807) is 0 Å². The molecule has 7 atom stereocenters. The number of aromatic nitrogens is 2. The molecule has 0 aromatic carbocycles. The summed E-state index contributed by atoms with van der Waals surface area (Å²) in [6.45, 7) is 4.71. The van der Waals surface area contributed by atoms with Crippen LogP contribution >= 0.6 is 23.2 Å². The number of nitrogens with one attached hydrogen (secondary N) is 1. The van der Waals surface area contributed by atoms with E-state index in [-0.39, 0.29) is 151 Å². The molecule has 1 heterocycles. The summed E-state index contributed by atoms with van der Waals surface area (Å²) in [7, 11) is -8.91. The van der Waals surface area contributed by atoms with Gasteiger partial charge in [0.1, 0.15) is 11.6 Å². The topological polar surface area (TPSA) is 213 Å². The molecule has 2 aliphatic carbocycles. The van der Waals surface area contributed by atoms with Crippen LogP contribution < -0.4 is 108 Å². The minimum atomic E-state index is -4.65. The van der Waals surface area contributed by atoms with E-state index in [0.29, 0.717) is 32.4 Å². The minimum absolute atomic E-state index is 0. The third-order valence-corrected chi connectivity index (χ3v) is 11.0. The summed E-state index contributed by atoms with van der Waals surface area (Å²) in [5, 5.41) is 22.6. The first-order chi connectivity index (χ1) is 19.6. The van der Waals surface area contributed by atoms with Crippen molar-refractivity contribution in [2.75, 3.05) is 18.8 Å². The van der Waals surface area contributed by atoms with Gasteiger partial charge in [-0.05, 0) is 58.0 Å². The van der Waals surface area contributed by atoms with E-state index in [0.717, 1.165) is 6.42 Å². The van der Waals surface area contributed by atoms with Gasteiger partial charge in [0.2, 0.25) is 5.91 Å². The molecule has 7 unspecified atom stereocenters. The molecule has 0 aliphatic heterocycles. The maximum absolute atomic E-state index is 12.0. The smallest absolute Gasteiger partial charge is 0.748 e. The molecule has 3 rings (SSSR count). The fourth-order valence-corrected chi connectivity index (χ4v) is 8.37. The van der Waals surface area contributed by atoms with Gasteiger partial charge in [0.25, 0.3) is 0 Å². The van der Waals surface area contributed by atoms with E-state index in [1.807, 2.05) is 13.0 Å². The maximum Gasteiger partial charge on any atom is 1.00 e. The number of hydrogen-bond acceptors (Lipinski definition) is 12. The van der Waals surface area contributed by atoms with Crippen LogP contribution in [0.1, 0.15) is 70.4 Å². The average Bonchev–Trinajstić information content (AvgIpc) is 3.30. The molecular weight excluding hydrogens is 712 g/mol. The second kappa shape index (κ2) is 19.6. The van der Waals surface area contributed by atoms with Crippen molar-refractivity contribution in [3.8, 4) is 6.07 Å². The Bertz CT molecular complexity index is 1400. The molecule has 236 valence electrons. The zero-order valence-corrected chi connectivity index (χ0v) is 34.7. The molecule has 0 radical (unpaired) electrons. The van der Waals surface area contributed by atoms with Crippen LogP contribution in [0, 0.1) is 11.3 Å². The Labute approximate surface area is 354 Å². The Balaban J connectivity index is 0.00000484. The zero-order chi connectivity index (χ0) is 31.2. The van der Waals surface area contributed by atoms with Crippen molar-refractivity contribution in [3.63, 3.8) is 0 Å². The molecule has 20 heteroatoms. The number of rotatable bonds is 12. The SMILES string of the molecule is CCN(CCCCS(=O)(=O)[O-])C1CCC(N=Nc2c(C#N)cnn2C2CC(Cl)C(S(=O)(=O)[O-])CC2Cl)C(NC(C)=O)C1.[K+].[K+]. The maximum atomic E-state index is 12.0. The van der Waals surface area contributed by atoms with Crippen molar-refractivity contribution in [1.82, 2.24) is 20.0 Å². The number of carbonyl (C=O) groups is 1. The van der Waals surface area contributed by atoms with Crippen LogP contribution in [-0.4, -0.2) is 99.5 Å². The molecule has 2 saturated carbocycles. The van der Waals surface area contributed by atoms with Crippen molar-refractivity contribution in [3.05, 3.63) is 11.8 Å².